The van der Waals surface area contributed by atoms with Crippen molar-refractivity contribution in [3.8, 4) is 0 Å². The molecule has 0 aliphatic rings. The van der Waals surface area contributed by atoms with Gasteiger partial charge in [0.05, 0.1) is 6.54 Å². The smallest absolute Gasteiger partial charge is 0.0580 e. The topological polar surface area (TPSA) is 24.4 Å². The van der Waals surface area contributed by atoms with Gasteiger partial charge >= 0.3 is 0 Å². The van der Waals surface area contributed by atoms with Gasteiger partial charge in [0.15, 0.2) is 0 Å². The van der Waals surface area contributed by atoms with Crippen LogP contribution < -0.4 is 5.43 Å². The molecular weight excluding hydrogens is 160 g/mol. The molecule has 0 aliphatic heterocycles. The zero-order valence-corrected chi connectivity index (χ0v) is 8.46. The van der Waals surface area contributed by atoms with Gasteiger partial charge in [-0.05, 0) is 26.3 Å². The van der Waals surface area contributed by atoms with Crippen molar-refractivity contribution < 1.29 is 0 Å². The number of nitrogens with zero attached hydrogens (tertiary/aromatic N) is 1. The summed E-state index contributed by atoms with van der Waals surface area (Å²) in [5.41, 5.74) is 6.61. The molecule has 0 spiro atoms. The molecule has 0 unspecified atom stereocenters. The van der Waals surface area contributed by atoms with Crippen LogP contribution >= 0.6 is 0 Å². The van der Waals surface area contributed by atoms with Gasteiger partial charge in [0.2, 0.25) is 0 Å². The molecule has 1 aromatic carbocycles. The Balaban J connectivity index is 2.46. The van der Waals surface area contributed by atoms with Gasteiger partial charge < -0.3 is 5.43 Å². The van der Waals surface area contributed by atoms with Crippen molar-refractivity contribution in [3.05, 3.63) is 35.4 Å². The highest BCUT2D eigenvalue weighted by molar-refractivity contribution is 5.78. The zero-order valence-electron chi connectivity index (χ0n) is 8.46. The van der Waals surface area contributed by atoms with Crippen LogP contribution in [0.4, 0.5) is 0 Å². The maximum Gasteiger partial charge on any atom is 0.0580 e. The first kappa shape index (κ1) is 9.78. The summed E-state index contributed by atoms with van der Waals surface area (Å²) in [5, 5.41) is 4.11. The quantitative estimate of drug-likeness (QED) is 0.555. The van der Waals surface area contributed by atoms with Crippen LogP contribution in [-0.4, -0.2) is 5.71 Å². The van der Waals surface area contributed by atoms with Gasteiger partial charge in [0, 0.05) is 5.71 Å². The molecule has 0 saturated carbocycles. The summed E-state index contributed by atoms with van der Waals surface area (Å²) < 4.78 is 0. The maximum atomic E-state index is 4.11. The second-order valence-electron chi connectivity index (χ2n) is 3.38. The van der Waals surface area contributed by atoms with Crippen LogP contribution in [0.2, 0.25) is 0 Å². The number of rotatable bonds is 3. The molecule has 0 heterocycles. The largest absolute Gasteiger partial charge is 0.306 e. The molecule has 0 aliphatic carbocycles. The molecule has 0 aromatic heterocycles. The van der Waals surface area contributed by atoms with E-state index in [4.69, 9.17) is 0 Å². The average Bonchev–Trinajstić information content (AvgIpc) is 2.08. The number of hydrogen-bond acceptors (Lipinski definition) is 2. The van der Waals surface area contributed by atoms with E-state index in [0.29, 0.717) is 0 Å². The Labute approximate surface area is 79.7 Å². The summed E-state index contributed by atoms with van der Waals surface area (Å²) in [6.45, 7) is 6.83. The summed E-state index contributed by atoms with van der Waals surface area (Å²) >= 11 is 0. The summed E-state index contributed by atoms with van der Waals surface area (Å²) in [6.07, 6.45) is 0. The van der Waals surface area contributed by atoms with E-state index in [2.05, 4.69) is 41.7 Å². The van der Waals surface area contributed by atoms with Crippen LogP contribution in [-0.2, 0) is 6.54 Å². The van der Waals surface area contributed by atoms with E-state index in [1.807, 2.05) is 13.8 Å². The molecule has 1 rings (SSSR count). The monoisotopic (exact) mass is 176 g/mol. The molecule has 13 heavy (non-hydrogen) atoms. The highest BCUT2D eigenvalue weighted by atomic mass is 15.3. The van der Waals surface area contributed by atoms with E-state index in [1.54, 1.807) is 0 Å². The lowest BCUT2D eigenvalue weighted by atomic mass is 10.1. The van der Waals surface area contributed by atoms with Gasteiger partial charge in [-0.25, -0.2) is 0 Å². The molecular formula is C11H16N2. The van der Waals surface area contributed by atoms with Crippen molar-refractivity contribution in [3.63, 3.8) is 0 Å². The normalized spacial score (nSPS) is 9.46. The Morgan fingerprint density at radius 3 is 2.38 bits per heavy atom. The third-order valence-electron chi connectivity index (χ3n) is 1.71. The summed E-state index contributed by atoms with van der Waals surface area (Å²) in [5.74, 6) is 0. The highest BCUT2D eigenvalue weighted by Gasteiger charge is 1.89. The van der Waals surface area contributed by atoms with Gasteiger partial charge in [-0.2, -0.15) is 5.10 Å². The molecule has 0 fully saturated rings. The predicted molar refractivity (Wildman–Crippen MR) is 56.8 cm³/mol. The van der Waals surface area contributed by atoms with Crippen molar-refractivity contribution in [2.45, 2.75) is 27.3 Å². The number of nitrogens with one attached hydrogen (secondary N) is 1. The Morgan fingerprint density at radius 2 is 1.85 bits per heavy atom. The molecule has 0 atom stereocenters. The van der Waals surface area contributed by atoms with Crippen molar-refractivity contribution in [2.24, 2.45) is 5.10 Å². The van der Waals surface area contributed by atoms with Crippen LogP contribution in [0.3, 0.4) is 0 Å². The Bertz CT molecular complexity index is 281. The number of benzene rings is 1. The fraction of sp³-hybridized carbons (Fsp3) is 0.364. The first-order valence-corrected chi connectivity index (χ1v) is 4.48. The minimum atomic E-state index is 0.797. The Hall–Kier alpha value is -1.31. The average molecular weight is 176 g/mol. The molecule has 1 N–H and O–H groups in total. The number of hydrazone groups is 1. The van der Waals surface area contributed by atoms with Gasteiger partial charge in [-0.1, -0.05) is 29.8 Å². The van der Waals surface area contributed by atoms with Crippen molar-refractivity contribution in [1.29, 1.82) is 0 Å². The van der Waals surface area contributed by atoms with Crippen molar-refractivity contribution in [1.82, 2.24) is 5.43 Å². The molecule has 0 amide bonds. The first-order chi connectivity index (χ1) is 6.18. The lowest BCUT2D eigenvalue weighted by Crippen LogP contribution is -2.06. The van der Waals surface area contributed by atoms with Crippen LogP contribution in [0.5, 0.6) is 0 Å². The lowest BCUT2D eigenvalue weighted by molar-refractivity contribution is 0.742. The molecule has 0 bridgehead atoms. The summed E-state index contributed by atoms with van der Waals surface area (Å²) in [4.78, 5) is 0. The standard InChI is InChI=1S/C11H16N2/c1-9(2)13-12-8-11-6-4-10(3)5-7-11/h4-7,12H,8H2,1-3H3. The van der Waals surface area contributed by atoms with Crippen LogP contribution in [0.25, 0.3) is 0 Å². The lowest BCUT2D eigenvalue weighted by Gasteiger charge is -2.01. The molecule has 1 aromatic rings. The summed E-state index contributed by atoms with van der Waals surface area (Å²) in [7, 11) is 0. The van der Waals surface area contributed by atoms with E-state index >= 15 is 0 Å². The van der Waals surface area contributed by atoms with E-state index < -0.39 is 0 Å². The molecule has 2 heteroatoms. The minimum absolute atomic E-state index is 0.797. The third kappa shape index (κ3) is 3.74. The molecule has 0 saturated heterocycles. The first-order valence-electron chi connectivity index (χ1n) is 4.48. The number of hydrogen-bond donors (Lipinski definition) is 1. The fourth-order valence-electron chi connectivity index (χ4n) is 0.995. The van der Waals surface area contributed by atoms with E-state index in [1.165, 1.54) is 11.1 Å². The van der Waals surface area contributed by atoms with Crippen LogP contribution in [0.1, 0.15) is 25.0 Å². The van der Waals surface area contributed by atoms with E-state index in [-0.39, 0.29) is 0 Å². The highest BCUT2D eigenvalue weighted by Crippen LogP contribution is 2.02. The third-order valence-corrected chi connectivity index (χ3v) is 1.71. The van der Waals surface area contributed by atoms with Crippen LogP contribution in [0, 0.1) is 6.92 Å². The number of aryl methyl sites for hydroxylation is 1. The van der Waals surface area contributed by atoms with Gasteiger partial charge in [0.25, 0.3) is 0 Å². The predicted octanol–water partition coefficient (Wildman–Crippen LogP) is 2.48. The van der Waals surface area contributed by atoms with Crippen molar-refractivity contribution >= 4 is 5.71 Å². The SMILES string of the molecule is CC(C)=NNCc1ccc(C)cc1. The minimum Gasteiger partial charge on any atom is -0.306 e. The molecule has 70 valence electrons. The maximum absolute atomic E-state index is 4.11. The second-order valence-corrected chi connectivity index (χ2v) is 3.38. The fourth-order valence-corrected chi connectivity index (χ4v) is 0.995. The Morgan fingerprint density at radius 1 is 1.23 bits per heavy atom. The van der Waals surface area contributed by atoms with Crippen molar-refractivity contribution in [2.75, 3.05) is 0 Å². The summed E-state index contributed by atoms with van der Waals surface area (Å²) in [6, 6.07) is 8.45. The van der Waals surface area contributed by atoms with Gasteiger partial charge in [0.1, 0.15) is 0 Å². The van der Waals surface area contributed by atoms with Gasteiger partial charge in [-0.3, -0.25) is 0 Å². The molecule has 0 radical (unpaired) electrons. The molecule has 2 nitrogen and oxygen atoms in total. The van der Waals surface area contributed by atoms with Gasteiger partial charge in [-0.15, -0.1) is 0 Å². The van der Waals surface area contributed by atoms with Crippen LogP contribution in [0.15, 0.2) is 29.4 Å². The van der Waals surface area contributed by atoms with E-state index in [9.17, 15) is 0 Å². The van der Waals surface area contributed by atoms with E-state index in [0.717, 1.165) is 12.3 Å². The Kier molecular flexibility index (Phi) is 3.50. The second kappa shape index (κ2) is 4.65. The zero-order chi connectivity index (χ0) is 9.68.